The Bertz CT molecular complexity index is 555. The summed E-state index contributed by atoms with van der Waals surface area (Å²) < 4.78 is 0.976. The van der Waals surface area contributed by atoms with Gasteiger partial charge in [-0.3, -0.25) is 9.59 Å². The molecular weight excluding hydrogens is 358 g/mol. The summed E-state index contributed by atoms with van der Waals surface area (Å²) in [5.41, 5.74) is 6.62. The van der Waals surface area contributed by atoms with Crippen LogP contribution in [0, 0.1) is 5.41 Å². The molecule has 5 nitrogen and oxygen atoms in total. The highest BCUT2D eigenvalue weighted by Crippen LogP contribution is 2.18. The van der Waals surface area contributed by atoms with Gasteiger partial charge in [0.25, 0.3) is 0 Å². The van der Waals surface area contributed by atoms with E-state index in [2.05, 4.69) is 21.2 Å². The van der Waals surface area contributed by atoms with Crippen LogP contribution in [-0.2, 0) is 16.1 Å². The first-order valence-corrected chi connectivity index (χ1v) is 8.43. The molecule has 128 valence electrons. The van der Waals surface area contributed by atoms with E-state index in [1.54, 1.807) is 11.9 Å². The van der Waals surface area contributed by atoms with Gasteiger partial charge in [0.2, 0.25) is 11.8 Å². The summed E-state index contributed by atoms with van der Waals surface area (Å²) in [7, 11) is 1.75. The molecule has 0 aliphatic heterocycles. The minimum atomic E-state index is -0.587. The third kappa shape index (κ3) is 6.31. The molecule has 3 N–H and O–H groups in total. The molecule has 1 aromatic carbocycles. The van der Waals surface area contributed by atoms with Crippen LogP contribution in [-0.4, -0.2) is 36.3 Å². The zero-order valence-corrected chi connectivity index (χ0v) is 15.8. The summed E-state index contributed by atoms with van der Waals surface area (Å²) in [6, 6.07) is 7.20. The normalized spacial score (nSPS) is 12.6. The van der Waals surface area contributed by atoms with Crippen molar-refractivity contribution in [1.82, 2.24) is 10.2 Å². The Balaban J connectivity index is 2.42. The smallest absolute Gasteiger partial charge is 0.237 e. The molecule has 0 saturated heterocycles. The van der Waals surface area contributed by atoms with Gasteiger partial charge < -0.3 is 16.0 Å². The summed E-state index contributed by atoms with van der Waals surface area (Å²) in [6.07, 6.45) is 0.254. The minimum absolute atomic E-state index is 0.0228. The first-order valence-electron chi connectivity index (χ1n) is 7.63. The molecule has 0 aliphatic carbocycles. The van der Waals surface area contributed by atoms with E-state index in [1.807, 2.05) is 45.0 Å². The minimum Gasteiger partial charge on any atom is -0.354 e. The topological polar surface area (TPSA) is 75.4 Å². The Kier molecular flexibility index (Phi) is 7.22. The van der Waals surface area contributed by atoms with E-state index in [0.717, 1.165) is 10.0 Å². The maximum absolute atomic E-state index is 12.1. The molecule has 23 heavy (non-hydrogen) atoms. The van der Waals surface area contributed by atoms with Crippen molar-refractivity contribution in [2.45, 2.75) is 39.8 Å². The molecule has 0 heterocycles. The Morgan fingerprint density at radius 2 is 1.91 bits per heavy atom. The SMILES string of the molecule is CN(Cc1ccccc1Br)C(=O)CCNC(=O)[C@@H](N)C(C)(C)C. The molecule has 6 heteroatoms. The molecule has 1 rings (SSSR count). The van der Waals surface area contributed by atoms with Crippen LogP contribution in [0.2, 0.25) is 0 Å². The van der Waals surface area contributed by atoms with E-state index in [4.69, 9.17) is 5.73 Å². The molecule has 0 spiro atoms. The quantitative estimate of drug-likeness (QED) is 0.790. The van der Waals surface area contributed by atoms with Crippen molar-refractivity contribution in [2.24, 2.45) is 11.1 Å². The summed E-state index contributed by atoms with van der Waals surface area (Å²) in [6.45, 7) is 6.55. The highest BCUT2D eigenvalue weighted by atomic mass is 79.9. The third-order valence-corrected chi connectivity index (χ3v) is 4.42. The number of nitrogens with one attached hydrogen (secondary N) is 1. The second-order valence-electron chi connectivity index (χ2n) is 6.73. The predicted molar refractivity (Wildman–Crippen MR) is 95.7 cm³/mol. The Morgan fingerprint density at radius 1 is 1.30 bits per heavy atom. The molecule has 0 saturated carbocycles. The monoisotopic (exact) mass is 383 g/mol. The van der Waals surface area contributed by atoms with E-state index in [0.29, 0.717) is 13.1 Å². The molecule has 0 bridgehead atoms. The summed E-state index contributed by atoms with van der Waals surface area (Å²) in [5, 5.41) is 2.73. The molecular formula is C17H26BrN3O2. The van der Waals surface area contributed by atoms with E-state index in [1.165, 1.54) is 0 Å². The number of hydrogen-bond acceptors (Lipinski definition) is 3. The lowest BCUT2D eigenvalue weighted by Crippen LogP contribution is -2.49. The number of amides is 2. The first-order chi connectivity index (χ1) is 10.6. The highest BCUT2D eigenvalue weighted by molar-refractivity contribution is 9.10. The van der Waals surface area contributed by atoms with Crippen LogP contribution in [0.3, 0.4) is 0 Å². The Hall–Kier alpha value is -1.40. The van der Waals surface area contributed by atoms with Gasteiger partial charge in [0, 0.05) is 31.0 Å². The number of rotatable bonds is 6. The van der Waals surface area contributed by atoms with Gasteiger partial charge >= 0.3 is 0 Å². The lowest BCUT2D eigenvalue weighted by molar-refractivity contribution is -0.130. The molecule has 0 radical (unpaired) electrons. The zero-order chi connectivity index (χ0) is 17.6. The first kappa shape index (κ1) is 19.6. The predicted octanol–water partition coefficient (Wildman–Crippen LogP) is 2.29. The number of nitrogens with two attached hydrogens (primary N) is 1. The highest BCUT2D eigenvalue weighted by Gasteiger charge is 2.27. The van der Waals surface area contributed by atoms with Crippen LogP contribution in [0.4, 0.5) is 0 Å². The van der Waals surface area contributed by atoms with Gasteiger partial charge in [-0.15, -0.1) is 0 Å². The van der Waals surface area contributed by atoms with E-state index >= 15 is 0 Å². The Morgan fingerprint density at radius 3 is 2.48 bits per heavy atom. The van der Waals surface area contributed by atoms with Gasteiger partial charge in [-0.05, 0) is 17.0 Å². The number of nitrogens with zero attached hydrogens (tertiary/aromatic N) is 1. The maximum atomic E-state index is 12.1. The molecule has 1 aromatic rings. The summed E-state index contributed by atoms with van der Waals surface area (Å²) in [5.74, 6) is -0.246. The van der Waals surface area contributed by atoms with E-state index < -0.39 is 6.04 Å². The fourth-order valence-corrected chi connectivity index (χ4v) is 2.37. The number of hydrogen-bond donors (Lipinski definition) is 2. The van der Waals surface area contributed by atoms with Crippen molar-refractivity contribution in [1.29, 1.82) is 0 Å². The zero-order valence-electron chi connectivity index (χ0n) is 14.2. The van der Waals surface area contributed by atoms with Crippen molar-refractivity contribution in [2.75, 3.05) is 13.6 Å². The molecule has 0 aromatic heterocycles. The molecule has 0 aliphatic rings. The van der Waals surface area contributed by atoms with Crippen LogP contribution < -0.4 is 11.1 Å². The fraction of sp³-hybridized carbons (Fsp3) is 0.529. The molecule has 0 unspecified atom stereocenters. The second kappa shape index (κ2) is 8.45. The van der Waals surface area contributed by atoms with Gasteiger partial charge in [0.05, 0.1) is 6.04 Å². The molecule has 2 amide bonds. The van der Waals surface area contributed by atoms with Gasteiger partial charge in [0.1, 0.15) is 0 Å². The number of carbonyl (C=O) groups is 2. The Labute approximate surface area is 146 Å². The van der Waals surface area contributed by atoms with Crippen molar-refractivity contribution >= 4 is 27.7 Å². The fourth-order valence-electron chi connectivity index (χ4n) is 1.96. The van der Waals surface area contributed by atoms with Crippen LogP contribution in [0.1, 0.15) is 32.8 Å². The van der Waals surface area contributed by atoms with E-state index in [-0.39, 0.29) is 23.7 Å². The molecule has 1 atom stereocenters. The lowest BCUT2D eigenvalue weighted by Gasteiger charge is -2.26. The van der Waals surface area contributed by atoms with Gasteiger partial charge in [-0.2, -0.15) is 0 Å². The van der Waals surface area contributed by atoms with Crippen molar-refractivity contribution in [3.05, 3.63) is 34.3 Å². The largest absolute Gasteiger partial charge is 0.354 e. The number of carbonyl (C=O) groups excluding carboxylic acids is 2. The van der Waals surface area contributed by atoms with Gasteiger partial charge in [-0.1, -0.05) is 54.9 Å². The summed E-state index contributed by atoms with van der Waals surface area (Å²) >= 11 is 3.47. The number of benzene rings is 1. The van der Waals surface area contributed by atoms with Gasteiger partial charge in [0.15, 0.2) is 0 Å². The van der Waals surface area contributed by atoms with Crippen LogP contribution in [0.5, 0.6) is 0 Å². The average molecular weight is 384 g/mol. The van der Waals surface area contributed by atoms with E-state index in [9.17, 15) is 9.59 Å². The van der Waals surface area contributed by atoms with Crippen LogP contribution >= 0.6 is 15.9 Å². The second-order valence-corrected chi connectivity index (χ2v) is 7.58. The standard InChI is InChI=1S/C17H26BrN3O2/c1-17(2,3)15(19)16(23)20-10-9-14(22)21(4)11-12-7-5-6-8-13(12)18/h5-8,15H,9-11,19H2,1-4H3,(H,20,23)/t15-/m1/s1. The van der Waals surface area contributed by atoms with Crippen LogP contribution in [0.25, 0.3) is 0 Å². The van der Waals surface area contributed by atoms with Crippen molar-refractivity contribution in [3.8, 4) is 0 Å². The maximum Gasteiger partial charge on any atom is 0.237 e. The van der Waals surface area contributed by atoms with Gasteiger partial charge in [-0.25, -0.2) is 0 Å². The lowest BCUT2D eigenvalue weighted by atomic mass is 9.87. The van der Waals surface area contributed by atoms with Crippen molar-refractivity contribution < 1.29 is 9.59 Å². The van der Waals surface area contributed by atoms with Crippen LogP contribution in [0.15, 0.2) is 28.7 Å². The molecule has 0 fully saturated rings. The average Bonchev–Trinajstić information content (AvgIpc) is 2.47. The third-order valence-electron chi connectivity index (χ3n) is 3.64. The number of halogens is 1. The summed E-state index contributed by atoms with van der Waals surface area (Å²) in [4.78, 5) is 25.7. The van der Waals surface area contributed by atoms with Crippen molar-refractivity contribution in [3.63, 3.8) is 0 Å².